The fourth-order valence-corrected chi connectivity index (χ4v) is 4.02. The van der Waals surface area contributed by atoms with E-state index in [1.807, 2.05) is 56.3 Å². The van der Waals surface area contributed by atoms with E-state index in [4.69, 9.17) is 20.8 Å². The molecule has 0 unspecified atom stereocenters. The highest BCUT2D eigenvalue weighted by Gasteiger charge is 2.21. The van der Waals surface area contributed by atoms with Crippen LogP contribution in [0.2, 0.25) is 5.15 Å². The number of nitrogens with zero attached hydrogens (tertiary/aromatic N) is 1. The van der Waals surface area contributed by atoms with Crippen LogP contribution in [0.15, 0.2) is 63.8 Å². The van der Waals surface area contributed by atoms with Crippen LogP contribution in [0.3, 0.4) is 0 Å². The summed E-state index contributed by atoms with van der Waals surface area (Å²) in [5, 5.41) is 3.99. The highest BCUT2D eigenvalue weighted by molar-refractivity contribution is 6.29. The predicted molar refractivity (Wildman–Crippen MR) is 130 cm³/mol. The van der Waals surface area contributed by atoms with Gasteiger partial charge in [0.1, 0.15) is 16.5 Å². The molecule has 0 aliphatic rings. The summed E-state index contributed by atoms with van der Waals surface area (Å²) in [5.74, 6) is -0.0661. The number of aromatic nitrogens is 1. The van der Waals surface area contributed by atoms with Gasteiger partial charge in [-0.15, -0.1) is 0 Å². The molecule has 0 aliphatic carbocycles. The van der Waals surface area contributed by atoms with E-state index in [-0.39, 0.29) is 22.3 Å². The lowest BCUT2D eigenvalue weighted by molar-refractivity contribution is 0.0595. The van der Waals surface area contributed by atoms with Gasteiger partial charge in [0.2, 0.25) is 0 Å². The molecule has 0 aliphatic heterocycles. The third kappa shape index (κ3) is 4.34. The molecule has 168 valence electrons. The van der Waals surface area contributed by atoms with Crippen LogP contribution in [0.1, 0.15) is 40.1 Å². The topological polar surface area (TPSA) is 81.4 Å². The lowest BCUT2D eigenvalue weighted by Crippen LogP contribution is -2.15. The van der Waals surface area contributed by atoms with Crippen molar-refractivity contribution >= 4 is 34.2 Å². The maximum absolute atomic E-state index is 13.3. The van der Waals surface area contributed by atoms with Gasteiger partial charge in [-0.2, -0.15) is 0 Å². The second-order valence-electron chi connectivity index (χ2n) is 7.87. The van der Waals surface area contributed by atoms with Gasteiger partial charge in [-0.05, 0) is 44.5 Å². The van der Waals surface area contributed by atoms with Gasteiger partial charge in [-0.25, -0.2) is 9.78 Å². The smallest absolute Gasteiger partial charge is 0.358 e. The monoisotopic (exact) mass is 462 g/mol. The number of anilines is 1. The number of esters is 1. The Hall–Kier alpha value is -3.64. The van der Waals surface area contributed by atoms with E-state index < -0.39 is 5.97 Å². The molecule has 2 heterocycles. The molecule has 0 spiro atoms. The SMILES string of the molecule is COC(=O)c1nc(Cl)ccc1N[C@H](C)c1cc(C)cc2c(=O)c(C)c(-c3ccccc3)oc12. The van der Waals surface area contributed by atoms with E-state index >= 15 is 0 Å². The lowest BCUT2D eigenvalue weighted by Gasteiger charge is -2.20. The molecule has 0 amide bonds. The average Bonchev–Trinajstić information content (AvgIpc) is 2.82. The summed E-state index contributed by atoms with van der Waals surface area (Å²) in [6, 6.07) is 16.3. The molecule has 33 heavy (non-hydrogen) atoms. The predicted octanol–water partition coefficient (Wildman–Crippen LogP) is 6.08. The van der Waals surface area contributed by atoms with Crippen LogP contribution < -0.4 is 10.7 Å². The molecule has 0 saturated heterocycles. The van der Waals surface area contributed by atoms with Crippen molar-refractivity contribution in [1.82, 2.24) is 4.98 Å². The van der Waals surface area contributed by atoms with Crippen LogP contribution in [0.5, 0.6) is 0 Å². The van der Waals surface area contributed by atoms with E-state index in [1.165, 1.54) is 7.11 Å². The first-order valence-electron chi connectivity index (χ1n) is 10.4. The molecule has 0 bridgehead atoms. The minimum absolute atomic E-state index is 0.0735. The Morgan fingerprint density at radius 1 is 1.12 bits per heavy atom. The van der Waals surface area contributed by atoms with Crippen molar-refractivity contribution in [2.45, 2.75) is 26.8 Å². The number of benzene rings is 2. The fraction of sp³-hybridized carbons (Fsp3) is 0.192. The number of aryl methyl sites for hydroxylation is 1. The Bertz CT molecular complexity index is 1410. The first-order chi connectivity index (χ1) is 15.8. The zero-order chi connectivity index (χ0) is 23.7. The van der Waals surface area contributed by atoms with Gasteiger partial charge in [-0.1, -0.05) is 48.0 Å². The first-order valence-corrected chi connectivity index (χ1v) is 10.8. The van der Waals surface area contributed by atoms with E-state index in [0.717, 1.165) is 16.7 Å². The van der Waals surface area contributed by atoms with Crippen molar-refractivity contribution < 1.29 is 13.9 Å². The molecule has 1 N–H and O–H groups in total. The fourth-order valence-electron chi connectivity index (χ4n) is 3.87. The van der Waals surface area contributed by atoms with Gasteiger partial charge in [-0.3, -0.25) is 4.79 Å². The number of halogens is 1. The molecule has 1 atom stereocenters. The van der Waals surface area contributed by atoms with Gasteiger partial charge in [0.15, 0.2) is 11.1 Å². The van der Waals surface area contributed by atoms with Crippen LogP contribution in [0.4, 0.5) is 5.69 Å². The van der Waals surface area contributed by atoms with Crippen molar-refractivity contribution in [3.8, 4) is 11.3 Å². The summed E-state index contributed by atoms with van der Waals surface area (Å²) in [6.07, 6.45) is 0. The molecular weight excluding hydrogens is 440 g/mol. The molecule has 2 aromatic carbocycles. The summed E-state index contributed by atoms with van der Waals surface area (Å²) in [5.41, 5.74) is 4.06. The summed E-state index contributed by atoms with van der Waals surface area (Å²) in [4.78, 5) is 29.6. The Labute approximate surface area is 196 Å². The van der Waals surface area contributed by atoms with Crippen molar-refractivity contribution in [3.63, 3.8) is 0 Å². The molecule has 4 rings (SSSR count). The summed E-state index contributed by atoms with van der Waals surface area (Å²) < 4.78 is 11.2. The number of pyridine rings is 1. The van der Waals surface area contributed by atoms with Crippen LogP contribution in [0, 0.1) is 13.8 Å². The number of carbonyl (C=O) groups excluding carboxylic acids is 1. The Kier molecular flexibility index (Phi) is 6.20. The molecule has 0 radical (unpaired) electrons. The van der Waals surface area contributed by atoms with Crippen LogP contribution >= 0.6 is 11.6 Å². The Morgan fingerprint density at radius 2 is 1.85 bits per heavy atom. The number of fused-ring (bicyclic) bond motifs is 1. The summed E-state index contributed by atoms with van der Waals surface area (Å²) in [6.45, 7) is 5.63. The Balaban J connectivity index is 1.87. The molecule has 0 fully saturated rings. The second kappa shape index (κ2) is 9.08. The molecule has 6 nitrogen and oxygen atoms in total. The van der Waals surface area contributed by atoms with E-state index in [2.05, 4.69) is 10.3 Å². The van der Waals surface area contributed by atoms with Crippen molar-refractivity contribution in [1.29, 1.82) is 0 Å². The second-order valence-corrected chi connectivity index (χ2v) is 8.26. The van der Waals surface area contributed by atoms with E-state index in [1.54, 1.807) is 19.1 Å². The molecule has 0 saturated carbocycles. The number of ether oxygens (including phenoxy) is 1. The Morgan fingerprint density at radius 3 is 2.55 bits per heavy atom. The van der Waals surface area contributed by atoms with Gasteiger partial charge in [0.05, 0.1) is 24.2 Å². The van der Waals surface area contributed by atoms with Gasteiger partial charge in [0, 0.05) is 16.7 Å². The standard InChI is InChI=1S/C26H23ClN2O4/c1-14-12-18(16(3)28-20-10-11-21(27)29-22(20)26(31)32-4)25-19(13-14)23(30)15(2)24(33-25)17-8-6-5-7-9-17/h5-13,16,28H,1-4H3/t16-/m1/s1. The third-order valence-electron chi connectivity index (χ3n) is 5.51. The minimum atomic E-state index is -0.602. The molecule has 4 aromatic rings. The summed E-state index contributed by atoms with van der Waals surface area (Å²) >= 11 is 5.98. The van der Waals surface area contributed by atoms with Crippen molar-refractivity contribution in [2.75, 3.05) is 12.4 Å². The van der Waals surface area contributed by atoms with Gasteiger partial charge >= 0.3 is 5.97 Å². The highest BCUT2D eigenvalue weighted by atomic mass is 35.5. The lowest BCUT2D eigenvalue weighted by atomic mass is 9.98. The van der Waals surface area contributed by atoms with Gasteiger partial charge in [0.25, 0.3) is 0 Å². The van der Waals surface area contributed by atoms with Crippen LogP contribution in [-0.2, 0) is 4.74 Å². The number of carbonyl (C=O) groups is 1. The summed E-state index contributed by atoms with van der Waals surface area (Å²) in [7, 11) is 1.29. The van der Waals surface area contributed by atoms with Crippen molar-refractivity contribution in [2.24, 2.45) is 0 Å². The zero-order valence-corrected chi connectivity index (χ0v) is 19.5. The van der Waals surface area contributed by atoms with Crippen molar-refractivity contribution in [3.05, 3.63) is 92.4 Å². The number of nitrogens with one attached hydrogen (secondary N) is 1. The maximum Gasteiger partial charge on any atom is 0.358 e. The molecule has 7 heteroatoms. The number of hydrogen-bond acceptors (Lipinski definition) is 6. The zero-order valence-electron chi connectivity index (χ0n) is 18.7. The van der Waals surface area contributed by atoms with Crippen LogP contribution in [0.25, 0.3) is 22.3 Å². The third-order valence-corrected chi connectivity index (χ3v) is 5.72. The van der Waals surface area contributed by atoms with E-state index in [9.17, 15) is 9.59 Å². The minimum Gasteiger partial charge on any atom is -0.464 e. The quantitative estimate of drug-likeness (QED) is 0.285. The average molecular weight is 463 g/mol. The highest BCUT2D eigenvalue weighted by Crippen LogP contribution is 2.32. The number of rotatable bonds is 5. The van der Waals surface area contributed by atoms with Gasteiger partial charge < -0.3 is 14.5 Å². The maximum atomic E-state index is 13.3. The van der Waals surface area contributed by atoms with E-state index in [0.29, 0.717) is 28.0 Å². The number of methoxy groups -OCH3 is 1. The number of hydrogen-bond donors (Lipinski definition) is 1. The van der Waals surface area contributed by atoms with Crippen LogP contribution in [-0.4, -0.2) is 18.1 Å². The first kappa shape index (κ1) is 22.6. The normalized spacial score (nSPS) is 11.9. The molecule has 2 aromatic heterocycles. The largest absolute Gasteiger partial charge is 0.464 e. The molecular formula is C26H23ClN2O4.